The molecule has 0 aliphatic rings. The Bertz CT molecular complexity index is 529. The number of carboxylic acid groups (broad SMARTS) is 1. The molecule has 1 aromatic carbocycles. The zero-order valence-electron chi connectivity index (χ0n) is 10.1. The average molecular weight is 246 g/mol. The third kappa shape index (κ3) is 2.71. The minimum Gasteiger partial charge on any atom is -0.497 e. The Morgan fingerprint density at radius 3 is 2.78 bits per heavy atom. The van der Waals surface area contributed by atoms with Gasteiger partial charge in [-0.2, -0.15) is 0 Å². The number of ether oxygens (including phenoxy) is 1. The first-order valence-corrected chi connectivity index (χ1v) is 5.63. The summed E-state index contributed by atoms with van der Waals surface area (Å²) in [6.45, 7) is 0. The van der Waals surface area contributed by atoms with E-state index in [0.29, 0.717) is 24.2 Å². The molecule has 0 aliphatic carbocycles. The van der Waals surface area contributed by atoms with E-state index in [4.69, 9.17) is 14.3 Å². The summed E-state index contributed by atoms with van der Waals surface area (Å²) in [5.74, 6) is 0.579. The summed E-state index contributed by atoms with van der Waals surface area (Å²) in [5, 5.41) is 9.12. The quantitative estimate of drug-likeness (QED) is 0.881. The number of benzene rings is 1. The minimum absolute atomic E-state index is 0.308. The molecule has 4 nitrogen and oxygen atoms in total. The SMILES string of the molecule is COc1ccc(C(=O)O)c(CCc2ccco2)c1. The number of hydrogen-bond donors (Lipinski definition) is 1. The van der Waals surface area contributed by atoms with Crippen LogP contribution in [0.3, 0.4) is 0 Å². The number of carbonyl (C=O) groups is 1. The highest BCUT2D eigenvalue weighted by atomic mass is 16.5. The molecule has 18 heavy (non-hydrogen) atoms. The molecule has 2 aromatic rings. The standard InChI is InChI=1S/C14H14O4/c1-17-12-6-7-13(14(15)16)10(9-12)4-5-11-3-2-8-18-11/h2-3,6-9H,4-5H2,1H3,(H,15,16). The largest absolute Gasteiger partial charge is 0.497 e. The van der Waals surface area contributed by atoms with Crippen LogP contribution < -0.4 is 4.74 Å². The molecule has 0 radical (unpaired) electrons. The maximum absolute atomic E-state index is 11.1. The van der Waals surface area contributed by atoms with E-state index < -0.39 is 5.97 Å². The molecule has 0 saturated carbocycles. The fourth-order valence-corrected chi connectivity index (χ4v) is 1.83. The first-order chi connectivity index (χ1) is 8.70. The third-order valence-electron chi connectivity index (χ3n) is 2.76. The molecule has 2 rings (SSSR count). The fraction of sp³-hybridized carbons (Fsp3) is 0.214. The number of rotatable bonds is 5. The average Bonchev–Trinajstić information content (AvgIpc) is 2.88. The van der Waals surface area contributed by atoms with Gasteiger partial charge in [0.05, 0.1) is 18.9 Å². The first kappa shape index (κ1) is 12.2. The Hall–Kier alpha value is -2.23. The van der Waals surface area contributed by atoms with E-state index in [0.717, 1.165) is 11.3 Å². The van der Waals surface area contributed by atoms with Crippen molar-refractivity contribution in [3.8, 4) is 5.75 Å². The van der Waals surface area contributed by atoms with Crippen LogP contribution in [0.5, 0.6) is 5.75 Å². The van der Waals surface area contributed by atoms with Crippen molar-refractivity contribution in [2.24, 2.45) is 0 Å². The summed E-state index contributed by atoms with van der Waals surface area (Å²) in [6.07, 6.45) is 2.88. The lowest BCUT2D eigenvalue weighted by Crippen LogP contribution is -2.04. The Morgan fingerprint density at radius 1 is 1.33 bits per heavy atom. The second kappa shape index (κ2) is 5.40. The van der Waals surface area contributed by atoms with Crippen molar-refractivity contribution in [1.82, 2.24) is 0 Å². The second-order valence-corrected chi connectivity index (χ2v) is 3.91. The molecular weight excluding hydrogens is 232 g/mol. The second-order valence-electron chi connectivity index (χ2n) is 3.91. The van der Waals surface area contributed by atoms with E-state index in [-0.39, 0.29) is 0 Å². The van der Waals surface area contributed by atoms with E-state index in [9.17, 15) is 4.79 Å². The number of aryl methyl sites for hydroxylation is 2. The third-order valence-corrected chi connectivity index (χ3v) is 2.76. The van der Waals surface area contributed by atoms with Gasteiger partial charge >= 0.3 is 5.97 Å². The smallest absolute Gasteiger partial charge is 0.335 e. The predicted molar refractivity (Wildman–Crippen MR) is 66.1 cm³/mol. The maximum atomic E-state index is 11.1. The van der Waals surface area contributed by atoms with Gasteiger partial charge in [-0.15, -0.1) is 0 Å². The van der Waals surface area contributed by atoms with E-state index in [2.05, 4.69) is 0 Å². The molecule has 1 heterocycles. The summed E-state index contributed by atoms with van der Waals surface area (Å²) in [4.78, 5) is 11.1. The lowest BCUT2D eigenvalue weighted by molar-refractivity contribution is 0.0695. The van der Waals surface area contributed by atoms with Crippen LogP contribution in [-0.4, -0.2) is 18.2 Å². The highest BCUT2D eigenvalue weighted by Crippen LogP contribution is 2.20. The van der Waals surface area contributed by atoms with Gasteiger partial charge in [0, 0.05) is 6.42 Å². The molecule has 0 saturated heterocycles. The summed E-state index contributed by atoms with van der Waals surface area (Å²) >= 11 is 0. The van der Waals surface area contributed by atoms with Crippen molar-refractivity contribution in [2.75, 3.05) is 7.11 Å². The summed E-state index contributed by atoms with van der Waals surface area (Å²) < 4.78 is 10.3. The van der Waals surface area contributed by atoms with Gasteiger partial charge in [0.15, 0.2) is 0 Å². The van der Waals surface area contributed by atoms with Crippen LogP contribution in [0.4, 0.5) is 0 Å². The highest BCUT2D eigenvalue weighted by Gasteiger charge is 2.11. The van der Waals surface area contributed by atoms with Crippen LogP contribution in [0.25, 0.3) is 0 Å². The fourth-order valence-electron chi connectivity index (χ4n) is 1.83. The van der Waals surface area contributed by atoms with Crippen molar-refractivity contribution in [2.45, 2.75) is 12.8 Å². The summed E-state index contributed by atoms with van der Waals surface area (Å²) in [7, 11) is 1.56. The van der Waals surface area contributed by atoms with Gasteiger partial charge < -0.3 is 14.3 Å². The van der Waals surface area contributed by atoms with Crippen molar-refractivity contribution < 1.29 is 19.1 Å². The predicted octanol–water partition coefficient (Wildman–Crippen LogP) is 2.77. The Kier molecular flexibility index (Phi) is 3.67. The normalized spacial score (nSPS) is 10.3. The summed E-state index contributed by atoms with van der Waals surface area (Å²) in [5.41, 5.74) is 1.06. The number of furan rings is 1. The first-order valence-electron chi connectivity index (χ1n) is 5.63. The Labute approximate surface area is 105 Å². The van der Waals surface area contributed by atoms with E-state index in [1.807, 2.05) is 12.1 Å². The molecule has 1 aromatic heterocycles. The lowest BCUT2D eigenvalue weighted by atomic mass is 10.0. The molecule has 0 fully saturated rings. The highest BCUT2D eigenvalue weighted by molar-refractivity contribution is 5.89. The zero-order chi connectivity index (χ0) is 13.0. The molecule has 0 spiro atoms. The molecule has 1 N–H and O–H groups in total. The van der Waals surface area contributed by atoms with Gasteiger partial charge in [0.25, 0.3) is 0 Å². The van der Waals surface area contributed by atoms with Crippen LogP contribution in [0.1, 0.15) is 21.7 Å². The zero-order valence-corrected chi connectivity index (χ0v) is 10.1. The molecule has 4 heteroatoms. The number of carboxylic acids is 1. The van der Waals surface area contributed by atoms with Crippen molar-refractivity contribution >= 4 is 5.97 Å². The van der Waals surface area contributed by atoms with Crippen LogP contribution in [-0.2, 0) is 12.8 Å². The number of hydrogen-bond acceptors (Lipinski definition) is 3. The monoisotopic (exact) mass is 246 g/mol. The van der Waals surface area contributed by atoms with Gasteiger partial charge in [-0.05, 0) is 42.3 Å². The molecule has 0 bridgehead atoms. The minimum atomic E-state index is -0.924. The van der Waals surface area contributed by atoms with E-state index in [1.165, 1.54) is 0 Å². The van der Waals surface area contributed by atoms with Gasteiger partial charge in [-0.25, -0.2) is 4.79 Å². The molecule has 0 unspecified atom stereocenters. The van der Waals surface area contributed by atoms with Crippen molar-refractivity contribution in [1.29, 1.82) is 0 Å². The lowest BCUT2D eigenvalue weighted by Gasteiger charge is -2.07. The number of aromatic carboxylic acids is 1. The Morgan fingerprint density at radius 2 is 2.17 bits per heavy atom. The van der Waals surface area contributed by atoms with Crippen LogP contribution in [0, 0.1) is 0 Å². The number of methoxy groups -OCH3 is 1. The van der Waals surface area contributed by atoms with Gasteiger partial charge in [0.2, 0.25) is 0 Å². The maximum Gasteiger partial charge on any atom is 0.335 e. The van der Waals surface area contributed by atoms with Crippen molar-refractivity contribution in [3.05, 3.63) is 53.5 Å². The van der Waals surface area contributed by atoms with Crippen molar-refractivity contribution in [3.63, 3.8) is 0 Å². The summed E-state index contributed by atoms with van der Waals surface area (Å²) in [6, 6.07) is 8.67. The molecule has 0 amide bonds. The molecule has 0 atom stereocenters. The molecule has 94 valence electrons. The van der Waals surface area contributed by atoms with E-state index >= 15 is 0 Å². The molecular formula is C14H14O4. The van der Waals surface area contributed by atoms with Crippen LogP contribution in [0.15, 0.2) is 41.0 Å². The molecule has 0 aliphatic heterocycles. The van der Waals surface area contributed by atoms with Crippen LogP contribution in [0.2, 0.25) is 0 Å². The van der Waals surface area contributed by atoms with Crippen LogP contribution >= 0.6 is 0 Å². The van der Waals surface area contributed by atoms with E-state index in [1.54, 1.807) is 31.6 Å². The van der Waals surface area contributed by atoms with Gasteiger partial charge in [0.1, 0.15) is 11.5 Å². The van der Waals surface area contributed by atoms with Gasteiger partial charge in [-0.1, -0.05) is 0 Å². The van der Waals surface area contributed by atoms with Gasteiger partial charge in [-0.3, -0.25) is 0 Å². The Balaban J connectivity index is 2.20. The topological polar surface area (TPSA) is 59.7 Å².